The van der Waals surface area contributed by atoms with Crippen molar-refractivity contribution in [3.63, 3.8) is 0 Å². The van der Waals surface area contributed by atoms with Crippen LogP contribution in [0, 0.1) is 6.92 Å². The van der Waals surface area contributed by atoms with Crippen molar-refractivity contribution in [2.45, 2.75) is 13.1 Å². The van der Waals surface area contributed by atoms with Gasteiger partial charge in [-0.05, 0) is 42.8 Å². The van der Waals surface area contributed by atoms with Gasteiger partial charge in [0.2, 0.25) is 0 Å². The molecule has 0 fully saturated rings. The van der Waals surface area contributed by atoms with Gasteiger partial charge in [0.1, 0.15) is 0 Å². The van der Waals surface area contributed by atoms with Crippen LogP contribution in [0.25, 0.3) is 0 Å². The van der Waals surface area contributed by atoms with Crippen molar-refractivity contribution in [2.75, 3.05) is 5.32 Å². The van der Waals surface area contributed by atoms with Gasteiger partial charge in [0.25, 0.3) is 0 Å². The number of anilines is 2. The molecule has 0 aliphatic carbocycles. The van der Waals surface area contributed by atoms with Gasteiger partial charge in [-0.15, -0.1) is 0 Å². The van der Waals surface area contributed by atoms with E-state index in [1.807, 2.05) is 31.2 Å². The highest BCUT2D eigenvalue weighted by Crippen LogP contribution is 2.31. The predicted octanol–water partition coefficient (Wildman–Crippen LogP) is 4.76. The summed E-state index contributed by atoms with van der Waals surface area (Å²) in [4.78, 5) is 0. The Morgan fingerprint density at radius 1 is 0.889 bits per heavy atom. The van der Waals surface area contributed by atoms with E-state index in [0.717, 1.165) is 23.4 Å². The van der Waals surface area contributed by atoms with Crippen LogP contribution in [-0.4, -0.2) is 0 Å². The lowest BCUT2D eigenvalue weighted by Gasteiger charge is -2.11. The van der Waals surface area contributed by atoms with E-state index >= 15 is 0 Å². The molecule has 0 aromatic heterocycles. The Morgan fingerprint density at radius 2 is 1.50 bits per heavy atom. The highest BCUT2D eigenvalue weighted by Gasteiger charge is 2.30. The van der Waals surface area contributed by atoms with Gasteiger partial charge in [0.15, 0.2) is 0 Å². The average molecular weight is 251 g/mol. The van der Waals surface area contributed by atoms with Crippen LogP contribution in [0.2, 0.25) is 0 Å². The van der Waals surface area contributed by atoms with Gasteiger partial charge in [-0.25, -0.2) is 0 Å². The molecule has 0 aliphatic heterocycles. The molecule has 94 valence electrons. The Kier molecular flexibility index (Phi) is 3.28. The maximum absolute atomic E-state index is 12.5. The maximum atomic E-state index is 12.5. The molecule has 0 atom stereocenters. The molecule has 1 nitrogen and oxygen atoms in total. The maximum Gasteiger partial charge on any atom is 0.416 e. The molecule has 1 N–H and O–H groups in total. The summed E-state index contributed by atoms with van der Waals surface area (Å²) in [6.45, 7) is 1.93. The third-order valence-corrected chi connectivity index (χ3v) is 2.50. The first kappa shape index (κ1) is 12.5. The SMILES string of the molecule is Cc1cccc(Nc2cccc(C(F)(F)F)c2)c1. The van der Waals surface area contributed by atoms with Crippen molar-refractivity contribution in [2.24, 2.45) is 0 Å². The lowest BCUT2D eigenvalue weighted by Crippen LogP contribution is -2.05. The smallest absolute Gasteiger partial charge is 0.356 e. The van der Waals surface area contributed by atoms with Gasteiger partial charge in [0.05, 0.1) is 5.56 Å². The first-order valence-corrected chi connectivity index (χ1v) is 5.46. The second-order valence-corrected chi connectivity index (χ2v) is 4.07. The molecule has 0 bridgehead atoms. The highest BCUT2D eigenvalue weighted by atomic mass is 19.4. The number of hydrogen-bond donors (Lipinski definition) is 1. The lowest BCUT2D eigenvalue weighted by atomic mass is 10.1. The van der Waals surface area contributed by atoms with Gasteiger partial charge >= 0.3 is 6.18 Å². The van der Waals surface area contributed by atoms with Crippen LogP contribution in [-0.2, 0) is 6.18 Å². The fourth-order valence-corrected chi connectivity index (χ4v) is 1.66. The predicted molar refractivity (Wildman–Crippen MR) is 65.9 cm³/mol. The Morgan fingerprint density at radius 3 is 2.11 bits per heavy atom. The highest BCUT2D eigenvalue weighted by molar-refractivity contribution is 5.61. The fraction of sp³-hybridized carbons (Fsp3) is 0.143. The van der Waals surface area contributed by atoms with Crippen LogP contribution < -0.4 is 5.32 Å². The first-order chi connectivity index (χ1) is 8.45. The van der Waals surface area contributed by atoms with E-state index in [-0.39, 0.29) is 0 Å². The molecule has 0 unspecified atom stereocenters. The molecule has 0 radical (unpaired) electrons. The molecule has 0 amide bonds. The van der Waals surface area contributed by atoms with Crippen LogP contribution in [0.3, 0.4) is 0 Å². The number of hydrogen-bond acceptors (Lipinski definition) is 1. The molecule has 0 saturated heterocycles. The minimum atomic E-state index is -4.32. The Bertz CT molecular complexity index is 547. The zero-order valence-corrected chi connectivity index (χ0v) is 9.75. The average Bonchev–Trinajstić information content (AvgIpc) is 2.28. The summed E-state index contributed by atoms with van der Waals surface area (Å²) in [5, 5.41) is 2.96. The van der Waals surface area contributed by atoms with Crippen molar-refractivity contribution in [3.8, 4) is 0 Å². The molecule has 2 rings (SSSR count). The summed E-state index contributed by atoms with van der Waals surface area (Å²) in [7, 11) is 0. The van der Waals surface area contributed by atoms with Crippen molar-refractivity contribution < 1.29 is 13.2 Å². The first-order valence-electron chi connectivity index (χ1n) is 5.46. The van der Waals surface area contributed by atoms with E-state index in [0.29, 0.717) is 5.69 Å². The van der Waals surface area contributed by atoms with E-state index in [4.69, 9.17) is 0 Å². The van der Waals surface area contributed by atoms with Crippen LogP contribution in [0.1, 0.15) is 11.1 Å². The number of benzene rings is 2. The molecular formula is C14H12F3N. The van der Waals surface area contributed by atoms with E-state index in [9.17, 15) is 13.2 Å². The summed E-state index contributed by atoms with van der Waals surface area (Å²) < 4.78 is 37.6. The Labute approximate surface area is 103 Å². The second-order valence-electron chi connectivity index (χ2n) is 4.07. The molecule has 18 heavy (non-hydrogen) atoms. The van der Waals surface area contributed by atoms with Crippen molar-refractivity contribution in [1.82, 2.24) is 0 Å². The number of halogens is 3. The van der Waals surface area contributed by atoms with Crippen LogP contribution in [0.5, 0.6) is 0 Å². The summed E-state index contributed by atoms with van der Waals surface area (Å²) >= 11 is 0. The molecule has 0 saturated carbocycles. The van der Waals surface area contributed by atoms with E-state index in [2.05, 4.69) is 5.32 Å². The van der Waals surface area contributed by atoms with Crippen molar-refractivity contribution >= 4 is 11.4 Å². The van der Waals surface area contributed by atoms with Crippen LogP contribution >= 0.6 is 0 Å². The largest absolute Gasteiger partial charge is 0.416 e. The minimum Gasteiger partial charge on any atom is -0.356 e. The van der Waals surface area contributed by atoms with Gasteiger partial charge in [-0.1, -0.05) is 18.2 Å². The third kappa shape index (κ3) is 3.03. The molecule has 2 aromatic carbocycles. The van der Waals surface area contributed by atoms with Crippen molar-refractivity contribution in [3.05, 3.63) is 59.7 Å². The standard InChI is InChI=1S/C14H12F3N/c1-10-4-2-6-12(8-10)18-13-7-3-5-11(9-13)14(15,16)17/h2-9,18H,1H3. The molecule has 0 aliphatic rings. The normalized spacial score (nSPS) is 11.3. The zero-order valence-electron chi connectivity index (χ0n) is 9.75. The quantitative estimate of drug-likeness (QED) is 0.811. The van der Waals surface area contributed by atoms with Gasteiger partial charge < -0.3 is 5.32 Å². The minimum absolute atomic E-state index is 0.426. The number of rotatable bonds is 2. The van der Waals surface area contributed by atoms with E-state index in [1.54, 1.807) is 6.07 Å². The van der Waals surface area contributed by atoms with Crippen LogP contribution in [0.15, 0.2) is 48.5 Å². The Balaban J connectivity index is 2.25. The number of alkyl halides is 3. The lowest BCUT2D eigenvalue weighted by molar-refractivity contribution is -0.137. The molecule has 2 aromatic rings. The van der Waals surface area contributed by atoms with Crippen molar-refractivity contribution in [1.29, 1.82) is 0 Å². The third-order valence-electron chi connectivity index (χ3n) is 2.50. The Hall–Kier alpha value is -1.97. The molecule has 0 heterocycles. The van der Waals surface area contributed by atoms with Crippen LogP contribution in [0.4, 0.5) is 24.5 Å². The summed E-state index contributed by atoms with van der Waals surface area (Å²) in [6.07, 6.45) is -4.32. The fourth-order valence-electron chi connectivity index (χ4n) is 1.66. The second kappa shape index (κ2) is 4.72. The number of nitrogens with one attached hydrogen (secondary N) is 1. The summed E-state index contributed by atoms with van der Waals surface area (Å²) in [5.41, 5.74) is 1.59. The molecule has 4 heteroatoms. The van der Waals surface area contributed by atoms with Gasteiger partial charge in [-0.3, -0.25) is 0 Å². The molecular weight excluding hydrogens is 239 g/mol. The number of aryl methyl sites for hydroxylation is 1. The molecule has 0 spiro atoms. The summed E-state index contributed by atoms with van der Waals surface area (Å²) in [5.74, 6) is 0. The topological polar surface area (TPSA) is 12.0 Å². The van der Waals surface area contributed by atoms with E-state index < -0.39 is 11.7 Å². The zero-order chi connectivity index (χ0) is 13.2. The monoisotopic (exact) mass is 251 g/mol. The van der Waals surface area contributed by atoms with Gasteiger partial charge in [0, 0.05) is 11.4 Å². The van der Waals surface area contributed by atoms with E-state index in [1.165, 1.54) is 6.07 Å². The van der Waals surface area contributed by atoms with Gasteiger partial charge in [-0.2, -0.15) is 13.2 Å². The summed E-state index contributed by atoms with van der Waals surface area (Å²) in [6, 6.07) is 12.6.